The van der Waals surface area contributed by atoms with Crippen LogP contribution in [0.5, 0.6) is 0 Å². The summed E-state index contributed by atoms with van der Waals surface area (Å²) in [7, 11) is 1.68. The van der Waals surface area contributed by atoms with E-state index in [9.17, 15) is 0 Å². The zero-order valence-electron chi connectivity index (χ0n) is 12.7. The van der Waals surface area contributed by atoms with Crippen molar-refractivity contribution >= 4 is 15.9 Å². The molecule has 6 nitrogen and oxygen atoms in total. The molecule has 21 heavy (non-hydrogen) atoms. The minimum absolute atomic E-state index is 0.0411. The van der Waals surface area contributed by atoms with Gasteiger partial charge in [-0.15, -0.1) is 5.10 Å². The monoisotopic (exact) mass is 353 g/mol. The van der Waals surface area contributed by atoms with Gasteiger partial charge < -0.3 is 10.1 Å². The van der Waals surface area contributed by atoms with Crippen molar-refractivity contribution in [1.82, 2.24) is 25.5 Å². The van der Waals surface area contributed by atoms with E-state index in [4.69, 9.17) is 4.74 Å². The van der Waals surface area contributed by atoms with Crippen molar-refractivity contribution < 1.29 is 4.74 Å². The van der Waals surface area contributed by atoms with Gasteiger partial charge >= 0.3 is 0 Å². The van der Waals surface area contributed by atoms with Crippen LogP contribution in [0.25, 0.3) is 5.69 Å². The van der Waals surface area contributed by atoms with Crippen LogP contribution in [-0.4, -0.2) is 40.5 Å². The van der Waals surface area contributed by atoms with E-state index in [0.717, 1.165) is 33.7 Å². The first kappa shape index (κ1) is 16.1. The number of benzene rings is 1. The highest BCUT2D eigenvalue weighted by atomic mass is 79.9. The number of hydrogen-bond acceptors (Lipinski definition) is 5. The first-order valence-electron chi connectivity index (χ1n) is 6.82. The quantitative estimate of drug-likeness (QED) is 0.807. The third-order valence-electron chi connectivity index (χ3n) is 3.30. The predicted octanol–water partition coefficient (Wildman–Crippen LogP) is 2.34. The fraction of sp³-hybridized carbons (Fsp3) is 0.500. The Morgan fingerprint density at radius 3 is 2.62 bits per heavy atom. The summed E-state index contributed by atoms with van der Waals surface area (Å²) in [5.41, 5.74) is 3.28. The van der Waals surface area contributed by atoms with Crippen molar-refractivity contribution in [2.24, 2.45) is 0 Å². The molecule has 0 fully saturated rings. The molecule has 0 saturated heterocycles. The third-order valence-corrected chi connectivity index (χ3v) is 4.55. The highest BCUT2D eigenvalue weighted by Gasteiger charge is 2.16. The maximum Gasteiger partial charge on any atom is 0.173 e. The van der Waals surface area contributed by atoms with Crippen molar-refractivity contribution in [2.45, 2.75) is 26.8 Å². The van der Waals surface area contributed by atoms with Gasteiger partial charge in [-0.1, -0.05) is 15.9 Å². The maximum atomic E-state index is 5.04. The lowest BCUT2D eigenvalue weighted by Gasteiger charge is -2.14. The number of hydrogen-bond donors (Lipinski definition) is 1. The zero-order chi connectivity index (χ0) is 15.4. The number of rotatable bonds is 6. The van der Waals surface area contributed by atoms with Gasteiger partial charge in [-0.3, -0.25) is 0 Å². The van der Waals surface area contributed by atoms with Crippen LogP contribution >= 0.6 is 15.9 Å². The van der Waals surface area contributed by atoms with Crippen molar-refractivity contribution in [3.8, 4) is 5.69 Å². The van der Waals surface area contributed by atoms with Crippen LogP contribution in [0.15, 0.2) is 16.6 Å². The van der Waals surface area contributed by atoms with Crippen molar-refractivity contribution in [3.63, 3.8) is 0 Å². The van der Waals surface area contributed by atoms with E-state index in [1.807, 2.05) is 6.92 Å². The van der Waals surface area contributed by atoms with Crippen molar-refractivity contribution in [3.05, 3.63) is 33.6 Å². The van der Waals surface area contributed by atoms with Gasteiger partial charge in [0.2, 0.25) is 0 Å². The van der Waals surface area contributed by atoms with E-state index in [1.54, 1.807) is 11.8 Å². The average Bonchev–Trinajstić information content (AvgIpc) is 2.94. The second kappa shape index (κ2) is 7.11. The lowest BCUT2D eigenvalue weighted by Crippen LogP contribution is -2.25. The molecule has 0 aliphatic carbocycles. The highest BCUT2D eigenvalue weighted by Crippen LogP contribution is 2.25. The summed E-state index contributed by atoms with van der Waals surface area (Å²) in [6, 6.07) is 4.18. The summed E-state index contributed by atoms with van der Waals surface area (Å²) in [5, 5.41) is 15.4. The number of ether oxygens (including phenoxy) is 1. The van der Waals surface area contributed by atoms with E-state index in [0.29, 0.717) is 6.61 Å². The summed E-state index contributed by atoms with van der Waals surface area (Å²) in [4.78, 5) is 0. The van der Waals surface area contributed by atoms with E-state index >= 15 is 0 Å². The molecule has 1 N–H and O–H groups in total. The molecule has 1 atom stereocenters. The molecule has 7 heteroatoms. The van der Waals surface area contributed by atoms with Crippen LogP contribution in [0.3, 0.4) is 0 Å². The Balaban J connectivity index is 2.28. The molecule has 114 valence electrons. The number of aryl methyl sites for hydroxylation is 2. The summed E-state index contributed by atoms with van der Waals surface area (Å²) in [6.07, 6.45) is 0. The Morgan fingerprint density at radius 1 is 1.33 bits per heavy atom. The highest BCUT2D eigenvalue weighted by molar-refractivity contribution is 9.10. The molecule has 1 aromatic heterocycles. The number of methoxy groups -OCH3 is 1. The topological polar surface area (TPSA) is 64.9 Å². The molecule has 2 aromatic rings. The molecule has 1 heterocycles. The summed E-state index contributed by atoms with van der Waals surface area (Å²) in [6.45, 7) is 7.57. The Morgan fingerprint density at radius 2 is 2.00 bits per heavy atom. The van der Waals surface area contributed by atoms with Gasteiger partial charge in [-0.2, -0.15) is 4.68 Å². The fourth-order valence-corrected chi connectivity index (χ4v) is 2.39. The molecular weight excluding hydrogens is 334 g/mol. The Labute approximate surface area is 133 Å². The largest absolute Gasteiger partial charge is 0.383 e. The first-order chi connectivity index (χ1) is 10.0. The minimum Gasteiger partial charge on any atom is -0.383 e. The molecule has 0 spiro atoms. The SMILES string of the molecule is COCCNC(C)c1nnnn1-c1cc(C)c(Br)c(C)c1. The third kappa shape index (κ3) is 3.66. The number of aromatic nitrogens is 4. The Kier molecular flexibility index (Phi) is 5.44. The first-order valence-corrected chi connectivity index (χ1v) is 7.61. The van der Waals surface area contributed by atoms with Crippen molar-refractivity contribution in [1.29, 1.82) is 0 Å². The molecule has 1 aromatic carbocycles. The van der Waals surface area contributed by atoms with Crippen LogP contribution < -0.4 is 5.32 Å². The smallest absolute Gasteiger partial charge is 0.173 e. The van der Waals surface area contributed by atoms with Crippen LogP contribution in [-0.2, 0) is 4.74 Å². The Hall–Kier alpha value is -1.31. The summed E-state index contributed by atoms with van der Waals surface area (Å²) >= 11 is 3.58. The second-order valence-electron chi connectivity index (χ2n) is 5.01. The average molecular weight is 354 g/mol. The minimum atomic E-state index is 0.0411. The van der Waals surface area contributed by atoms with E-state index in [-0.39, 0.29) is 6.04 Å². The van der Waals surface area contributed by atoms with Gasteiger partial charge in [0.05, 0.1) is 18.3 Å². The molecular formula is C14H20BrN5O. The number of halogens is 1. The van der Waals surface area contributed by atoms with Crippen molar-refractivity contribution in [2.75, 3.05) is 20.3 Å². The van der Waals surface area contributed by atoms with E-state index in [1.165, 1.54) is 0 Å². The Bertz CT molecular complexity index is 590. The molecule has 0 amide bonds. The molecule has 0 bridgehead atoms. The van der Waals surface area contributed by atoms with Crippen LogP contribution in [0.1, 0.15) is 29.9 Å². The lowest BCUT2D eigenvalue weighted by molar-refractivity contribution is 0.196. The molecule has 0 aliphatic heterocycles. The molecule has 1 unspecified atom stereocenters. The fourth-order valence-electron chi connectivity index (χ4n) is 2.16. The number of nitrogens with zero attached hydrogens (tertiary/aromatic N) is 4. The maximum absolute atomic E-state index is 5.04. The number of nitrogens with one attached hydrogen (secondary N) is 1. The summed E-state index contributed by atoms with van der Waals surface area (Å²) in [5.74, 6) is 0.784. The van der Waals surface area contributed by atoms with Crippen LogP contribution in [0, 0.1) is 13.8 Å². The summed E-state index contributed by atoms with van der Waals surface area (Å²) < 4.78 is 7.94. The molecule has 0 radical (unpaired) electrons. The van der Waals surface area contributed by atoms with E-state index < -0.39 is 0 Å². The molecule has 0 aliphatic rings. The van der Waals surface area contributed by atoms with E-state index in [2.05, 4.69) is 62.8 Å². The zero-order valence-corrected chi connectivity index (χ0v) is 14.3. The van der Waals surface area contributed by atoms with Gasteiger partial charge in [0.15, 0.2) is 5.82 Å². The lowest BCUT2D eigenvalue weighted by atomic mass is 10.1. The van der Waals surface area contributed by atoms with Crippen LogP contribution in [0.2, 0.25) is 0 Å². The molecule has 0 saturated carbocycles. The number of tetrazole rings is 1. The standard InChI is InChI=1S/C14H20BrN5O/c1-9-7-12(8-10(2)13(9)15)20-14(17-18-19-20)11(3)16-5-6-21-4/h7-8,11,16H,5-6H2,1-4H3. The van der Waals surface area contributed by atoms with Gasteiger partial charge in [0.25, 0.3) is 0 Å². The van der Waals surface area contributed by atoms with Gasteiger partial charge in [0, 0.05) is 18.1 Å². The second-order valence-corrected chi connectivity index (χ2v) is 5.80. The van der Waals surface area contributed by atoms with Gasteiger partial charge in [0.1, 0.15) is 0 Å². The molecule has 2 rings (SSSR count). The van der Waals surface area contributed by atoms with Gasteiger partial charge in [-0.05, 0) is 54.5 Å². The van der Waals surface area contributed by atoms with Gasteiger partial charge in [-0.25, -0.2) is 0 Å². The predicted molar refractivity (Wildman–Crippen MR) is 84.6 cm³/mol. The van der Waals surface area contributed by atoms with Crippen LogP contribution in [0.4, 0.5) is 0 Å². The normalized spacial score (nSPS) is 12.6.